The molecule has 120 valence electrons. The van der Waals surface area contributed by atoms with Gasteiger partial charge in [0.2, 0.25) is 5.91 Å². The molecule has 0 spiro atoms. The van der Waals surface area contributed by atoms with E-state index in [4.69, 9.17) is 0 Å². The van der Waals surface area contributed by atoms with Gasteiger partial charge in [0.05, 0.1) is 0 Å². The number of piperazine rings is 1. The Morgan fingerprint density at radius 2 is 2.05 bits per heavy atom. The first kappa shape index (κ1) is 16.4. The smallest absolute Gasteiger partial charge is 0.253 e. The molecule has 6 heteroatoms. The largest absolute Gasteiger partial charge is 0.340 e. The number of hydrogen-bond acceptors (Lipinski definition) is 3. The summed E-state index contributed by atoms with van der Waals surface area (Å²) < 4.78 is 13.2. The summed E-state index contributed by atoms with van der Waals surface area (Å²) in [5, 5.41) is 3.20. The van der Waals surface area contributed by atoms with Crippen LogP contribution >= 0.6 is 0 Å². The predicted molar refractivity (Wildman–Crippen MR) is 82.0 cm³/mol. The summed E-state index contributed by atoms with van der Waals surface area (Å²) in [7, 11) is 0. The predicted octanol–water partition coefficient (Wildman–Crippen LogP) is 1.11. The Labute approximate surface area is 130 Å². The van der Waals surface area contributed by atoms with Crippen molar-refractivity contribution in [1.29, 1.82) is 0 Å². The highest BCUT2D eigenvalue weighted by Gasteiger charge is 2.19. The summed E-state index contributed by atoms with van der Waals surface area (Å²) in [6.45, 7) is 5.74. The minimum absolute atomic E-state index is 0.0620. The van der Waals surface area contributed by atoms with Crippen molar-refractivity contribution in [1.82, 2.24) is 15.1 Å². The van der Waals surface area contributed by atoms with E-state index < -0.39 is 5.82 Å². The molecule has 1 saturated heterocycles. The van der Waals surface area contributed by atoms with Gasteiger partial charge in [0.15, 0.2) is 0 Å². The van der Waals surface area contributed by atoms with Crippen LogP contribution in [0.2, 0.25) is 0 Å². The SMILES string of the molecule is CCN(CCC(=O)N1CCNCC1)C(=O)c1cccc(F)c1. The van der Waals surface area contributed by atoms with Gasteiger partial charge < -0.3 is 15.1 Å². The maximum atomic E-state index is 13.2. The highest BCUT2D eigenvalue weighted by Crippen LogP contribution is 2.09. The summed E-state index contributed by atoms with van der Waals surface area (Å²) in [5.74, 6) is -0.610. The van der Waals surface area contributed by atoms with Crippen molar-refractivity contribution < 1.29 is 14.0 Å². The molecule has 1 aliphatic rings. The fraction of sp³-hybridized carbons (Fsp3) is 0.500. The average molecular weight is 307 g/mol. The van der Waals surface area contributed by atoms with E-state index in [1.54, 1.807) is 11.0 Å². The first-order valence-electron chi connectivity index (χ1n) is 7.65. The second kappa shape index (κ2) is 7.89. The fourth-order valence-corrected chi connectivity index (χ4v) is 2.51. The van der Waals surface area contributed by atoms with Crippen molar-refractivity contribution in [3.8, 4) is 0 Å². The van der Waals surface area contributed by atoms with Gasteiger partial charge in [-0.25, -0.2) is 4.39 Å². The van der Waals surface area contributed by atoms with Crippen molar-refractivity contribution in [2.24, 2.45) is 0 Å². The molecule has 2 amide bonds. The molecule has 0 aliphatic carbocycles. The fourth-order valence-electron chi connectivity index (χ4n) is 2.51. The number of amides is 2. The number of hydrogen-bond donors (Lipinski definition) is 1. The molecule has 0 radical (unpaired) electrons. The van der Waals surface area contributed by atoms with Crippen LogP contribution in [0.4, 0.5) is 4.39 Å². The topological polar surface area (TPSA) is 52.7 Å². The Morgan fingerprint density at radius 1 is 1.32 bits per heavy atom. The molecule has 22 heavy (non-hydrogen) atoms. The molecule has 0 aromatic heterocycles. The maximum absolute atomic E-state index is 13.2. The second-order valence-electron chi connectivity index (χ2n) is 5.28. The van der Waals surface area contributed by atoms with Crippen LogP contribution in [0.25, 0.3) is 0 Å². The Balaban J connectivity index is 1.91. The van der Waals surface area contributed by atoms with E-state index in [9.17, 15) is 14.0 Å². The van der Waals surface area contributed by atoms with Crippen molar-refractivity contribution >= 4 is 11.8 Å². The maximum Gasteiger partial charge on any atom is 0.253 e. The van der Waals surface area contributed by atoms with Crippen molar-refractivity contribution in [2.45, 2.75) is 13.3 Å². The molecule has 1 fully saturated rings. The quantitative estimate of drug-likeness (QED) is 0.886. The minimum Gasteiger partial charge on any atom is -0.340 e. The number of carbonyl (C=O) groups excluding carboxylic acids is 2. The summed E-state index contributed by atoms with van der Waals surface area (Å²) >= 11 is 0. The highest BCUT2D eigenvalue weighted by atomic mass is 19.1. The molecule has 2 rings (SSSR count). The lowest BCUT2D eigenvalue weighted by Crippen LogP contribution is -2.47. The third kappa shape index (κ3) is 4.27. The molecule has 1 aliphatic heterocycles. The molecule has 1 aromatic rings. The zero-order chi connectivity index (χ0) is 15.9. The minimum atomic E-state index is -0.432. The van der Waals surface area contributed by atoms with Crippen LogP contribution in [0.1, 0.15) is 23.7 Å². The molecule has 0 saturated carbocycles. The van der Waals surface area contributed by atoms with Crippen LogP contribution in [-0.4, -0.2) is 60.9 Å². The van der Waals surface area contributed by atoms with Gasteiger partial charge >= 0.3 is 0 Å². The van der Waals surface area contributed by atoms with Gasteiger partial charge in [0, 0.05) is 51.3 Å². The summed E-state index contributed by atoms with van der Waals surface area (Å²) in [6.07, 6.45) is 0.300. The van der Waals surface area contributed by atoms with E-state index in [2.05, 4.69) is 5.32 Å². The van der Waals surface area contributed by atoms with Crippen molar-refractivity contribution in [3.05, 3.63) is 35.6 Å². The van der Waals surface area contributed by atoms with Crippen LogP contribution in [0.5, 0.6) is 0 Å². The summed E-state index contributed by atoms with van der Waals surface area (Å²) in [6, 6.07) is 5.64. The number of nitrogens with one attached hydrogen (secondary N) is 1. The van der Waals surface area contributed by atoms with E-state index in [0.29, 0.717) is 38.2 Å². The van der Waals surface area contributed by atoms with E-state index in [-0.39, 0.29) is 11.8 Å². The molecule has 1 aromatic carbocycles. The zero-order valence-electron chi connectivity index (χ0n) is 12.8. The number of benzene rings is 1. The zero-order valence-corrected chi connectivity index (χ0v) is 12.8. The third-order valence-electron chi connectivity index (χ3n) is 3.81. The van der Waals surface area contributed by atoms with Crippen LogP contribution in [-0.2, 0) is 4.79 Å². The molecule has 0 atom stereocenters. The van der Waals surface area contributed by atoms with E-state index in [1.165, 1.54) is 18.2 Å². The number of carbonyl (C=O) groups is 2. The molecule has 1 N–H and O–H groups in total. The van der Waals surface area contributed by atoms with Gasteiger partial charge in [-0.2, -0.15) is 0 Å². The first-order valence-corrected chi connectivity index (χ1v) is 7.65. The van der Waals surface area contributed by atoms with Crippen LogP contribution in [0.3, 0.4) is 0 Å². The standard InChI is InChI=1S/C16H22FN3O2/c1-2-19(16(22)13-4-3-5-14(17)12-13)9-6-15(21)20-10-7-18-8-11-20/h3-5,12,18H,2,6-11H2,1H3. The van der Waals surface area contributed by atoms with E-state index in [0.717, 1.165) is 13.1 Å². The number of halogens is 1. The summed E-state index contributed by atoms with van der Waals surface area (Å²) in [4.78, 5) is 27.9. The van der Waals surface area contributed by atoms with Crippen LogP contribution in [0.15, 0.2) is 24.3 Å². The van der Waals surface area contributed by atoms with Crippen molar-refractivity contribution in [3.63, 3.8) is 0 Å². The number of nitrogens with zero attached hydrogens (tertiary/aromatic N) is 2. The molecule has 5 nitrogen and oxygen atoms in total. The van der Waals surface area contributed by atoms with E-state index in [1.807, 2.05) is 11.8 Å². The average Bonchev–Trinajstić information content (AvgIpc) is 2.55. The lowest BCUT2D eigenvalue weighted by Gasteiger charge is -2.28. The third-order valence-corrected chi connectivity index (χ3v) is 3.81. The van der Waals surface area contributed by atoms with Gasteiger partial charge in [-0.15, -0.1) is 0 Å². The Bertz CT molecular complexity index is 530. The Morgan fingerprint density at radius 3 is 2.68 bits per heavy atom. The molecule has 0 bridgehead atoms. The Hall–Kier alpha value is -1.95. The highest BCUT2D eigenvalue weighted by molar-refractivity contribution is 5.94. The van der Waals surface area contributed by atoms with Crippen LogP contribution in [0, 0.1) is 5.82 Å². The number of rotatable bonds is 5. The lowest BCUT2D eigenvalue weighted by molar-refractivity contribution is -0.131. The van der Waals surface area contributed by atoms with Gasteiger partial charge in [-0.05, 0) is 25.1 Å². The van der Waals surface area contributed by atoms with Gasteiger partial charge in [-0.3, -0.25) is 9.59 Å². The second-order valence-corrected chi connectivity index (χ2v) is 5.28. The Kier molecular flexibility index (Phi) is 5.89. The normalized spacial score (nSPS) is 14.7. The van der Waals surface area contributed by atoms with Gasteiger partial charge in [-0.1, -0.05) is 6.07 Å². The lowest BCUT2D eigenvalue weighted by atomic mass is 10.2. The van der Waals surface area contributed by atoms with Gasteiger partial charge in [0.25, 0.3) is 5.91 Å². The monoisotopic (exact) mass is 307 g/mol. The molecular formula is C16H22FN3O2. The first-order chi connectivity index (χ1) is 10.6. The summed E-state index contributed by atoms with van der Waals surface area (Å²) in [5.41, 5.74) is 0.316. The molecular weight excluding hydrogens is 285 g/mol. The van der Waals surface area contributed by atoms with Gasteiger partial charge in [0.1, 0.15) is 5.82 Å². The van der Waals surface area contributed by atoms with E-state index >= 15 is 0 Å². The molecule has 1 heterocycles. The van der Waals surface area contributed by atoms with Crippen molar-refractivity contribution in [2.75, 3.05) is 39.3 Å². The molecule has 0 unspecified atom stereocenters. The van der Waals surface area contributed by atoms with Crippen LogP contribution < -0.4 is 5.32 Å².